The Morgan fingerprint density at radius 3 is 3.07 bits per heavy atom. The number of nitrogen functional groups attached to an aromatic ring is 1. The molecule has 3 unspecified atom stereocenters. The van der Waals surface area contributed by atoms with E-state index in [9.17, 15) is 0 Å². The summed E-state index contributed by atoms with van der Waals surface area (Å²) in [6, 6.07) is 4.08. The molecule has 1 aromatic rings. The van der Waals surface area contributed by atoms with Crippen LogP contribution in [0.5, 0.6) is 0 Å². The number of ether oxygens (including phenoxy) is 1. The summed E-state index contributed by atoms with van der Waals surface area (Å²) in [6.45, 7) is 0. The number of anilines is 2. The van der Waals surface area contributed by atoms with Crippen LogP contribution in [0, 0.1) is 0 Å². The van der Waals surface area contributed by atoms with Crippen LogP contribution in [-0.2, 0) is 4.74 Å². The van der Waals surface area contributed by atoms with Crippen LogP contribution in [0.3, 0.4) is 0 Å². The van der Waals surface area contributed by atoms with Gasteiger partial charge in [-0.1, -0.05) is 0 Å². The minimum absolute atomic E-state index is 0.373. The van der Waals surface area contributed by atoms with E-state index >= 15 is 0 Å². The van der Waals surface area contributed by atoms with E-state index in [4.69, 9.17) is 10.5 Å². The molecule has 2 aliphatic heterocycles. The summed E-state index contributed by atoms with van der Waals surface area (Å²) in [5.41, 5.74) is 6.44. The van der Waals surface area contributed by atoms with Crippen LogP contribution in [0.4, 0.5) is 11.5 Å². The van der Waals surface area contributed by atoms with Gasteiger partial charge in [0.25, 0.3) is 0 Å². The van der Waals surface area contributed by atoms with Gasteiger partial charge in [-0.15, -0.1) is 0 Å². The Labute approximate surface area is 88.8 Å². The SMILES string of the molecule is Nc1ccnc(NC2CC3CCC2O3)c1. The predicted molar refractivity (Wildman–Crippen MR) is 58.6 cm³/mol. The maximum Gasteiger partial charge on any atom is 0.128 e. The smallest absolute Gasteiger partial charge is 0.128 e. The molecule has 4 heteroatoms. The number of nitrogens with two attached hydrogens (primary N) is 1. The minimum Gasteiger partial charge on any atom is -0.399 e. The second-order valence-electron chi connectivity index (χ2n) is 4.33. The molecule has 2 bridgehead atoms. The average Bonchev–Trinajstić information content (AvgIpc) is 2.79. The molecule has 3 atom stereocenters. The lowest BCUT2D eigenvalue weighted by Crippen LogP contribution is -2.30. The third-order valence-corrected chi connectivity index (χ3v) is 3.22. The van der Waals surface area contributed by atoms with E-state index in [0.29, 0.717) is 18.2 Å². The third-order valence-electron chi connectivity index (χ3n) is 3.22. The van der Waals surface area contributed by atoms with Crippen LogP contribution in [-0.4, -0.2) is 23.2 Å². The number of rotatable bonds is 2. The lowest BCUT2D eigenvalue weighted by molar-refractivity contribution is 0.102. The summed E-state index contributed by atoms with van der Waals surface area (Å²) in [5, 5.41) is 3.40. The summed E-state index contributed by atoms with van der Waals surface area (Å²) < 4.78 is 5.77. The van der Waals surface area contributed by atoms with Gasteiger partial charge in [-0.05, 0) is 25.3 Å². The van der Waals surface area contributed by atoms with E-state index < -0.39 is 0 Å². The number of nitrogens with zero attached hydrogens (tertiary/aromatic N) is 1. The molecular formula is C11H15N3O. The molecule has 0 radical (unpaired) electrons. The van der Waals surface area contributed by atoms with Crippen molar-refractivity contribution in [2.45, 2.75) is 37.5 Å². The fourth-order valence-electron chi connectivity index (χ4n) is 2.51. The van der Waals surface area contributed by atoms with E-state index in [1.807, 2.05) is 6.07 Å². The summed E-state index contributed by atoms with van der Waals surface area (Å²) in [7, 11) is 0. The number of aromatic nitrogens is 1. The first-order chi connectivity index (χ1) is 7.31. The maximum absolute atomic E-state index is 5.77. The predicted octanol–water partition coefficient (Wildman–Crippen LogP) is 1.40. The molecule has 2 aliphatic rings. The van der Waals surface area contributed by atoms with Crippen LogP contribution in [0.1, 0.15) is 19.3 Å². The first-order valence-corrected chi connectivity index (χ1v) is 5.45. The van der Waals surface area contributed by atoms with Gasteiger partial charge in [0.1, 0.15) is 5.82 Å². The lowest BCUT2D eigenvalue weighted by Gasteiger charge is -2.20. The fourth-order valence-corrected chi connectivity index (χ4v) is 2.51. The first kappa shape index (κ1) is 8.97. The van der Waals surface area contributed by atoms with Crippen molar-refractivity contribution in [1.29, 1.82) is 0 Å². The highest BCUT2D eigenvalue weighted by atomic mass is 16.5. The molecule has 0 spiro atoms. The highest BCUT2D eigenvalue weighted by Gasteiger charge is 2.40. The zero-order valence-corrected chi connectivity index (χ0v) is 8.52. The third kappa shape index (κ3) is 1.65. The van der Waals surface area contributed by atoms with Crippen LogP contribution < -0.4 is 11.1 Å². The van der Waals surface area contributed by atoms with Crippen molar-refractivity contribution in [2.24, 2.45) is 0 Å². The Kier molecular flexibility index (Phi) is 2.02. The van der Waals surface area contributed by atoms with Crippen LogP contribution >= 0.6 is 0 Å². The number of hydrogen-bond acceptors (Lipinski definition) is 4. The molecule has 2 fully saturated rings. The van der Waals surface area contributed by atoms with Crippen molar-refractivity contribution in [1.82, 2.24) is 4.98 Å². The van der Waals surface area contributed by atoms with Gasteiger partial charge in [0.15, 0.2) is 0 Å². The summed E-state index contributed by atoms with van der Waals surface area (Å²) in [5.74, 6) is 0.858. The van der Waals surface area contributed by atoms with Crippen molar-refractivity contribution >= 4 is 11.5 Å². The molecule has 0 amide bonds. The van der Waals surface area contributed by atoms with Crippen molar-refractivity contribution in [2.75, 3.05) is 11.1 Å². The highest BCUT2D eigenvalue weighted by molar-refractivity contribution is 5.49. The Morgan fingerprint density at radius 2 is 2.40 bits per heavy atom. The molecule has 0 aliphatic carbocycles. The largest absolute Gasteiger partial charge is 0.399 e. The van der Waals surface area contributed by atoms with Gasteiger partial charge in [0, 0.05) is 18.0 Å². The number of nitrogens with one attached hydrogen (secondary N) is 1. The van der Waals surface area contributed by atoms with Crippen LogP contribution in [0.2, 0.25) is 0 Å². The van der Waals surface area contributed by atoms with Crippen molar-refractivity contribution < 1.29 is 4.74 Å². The summed E-state index contributed by atoms with van der Waals surface area (Å²) in [4.78, 5) is 4.24. The molecule has 4 nitrogen and oxygen atoms in total. The molecule has 0 saturated carbocycles. The molecule has 2 saturated heterocycles. The molecule has 1 aromatic heterocycles. The minimum atomic E-state index is 0.373. The Morgan fingerprint density at radius 1 is 1.47 bits per heavy atom. The van der Waals surface area contributed by atoms with Crippen molar-refractivity contribution in [3.63, 3.8) is 0 Å². The van der Waals surface area contributed by atoms with E-state index in [1.165, 1.54) is 12.8 Å². The normalized spacial score (nSPS) is 33.2. The molecular weight excluding hydrogens is 190 g/mol. The number of fused-ring (bicyclic) bond motifs is 2. The monoisotopic (exact) mass is 205 g/mol. The van der Waals surface area contributed by atoms with E-state index in [2.05, 4.69) is 10.3 Å². The number of hydrogen-bond donors (Lipinski definition) is 2. The fraction of sp³-hybridized carbons (Fsp3) is 0.545. The standard InChI is InChI=1S/C11H15N3O/c12-7-3-4-13-11(5-7)14-9-6-8-1-2-10(9)15-8/h3-5,8-10H,1-2,6H2,(H3,12,13,14). The van der Waals surface area contributed by atoms with Gasteiger partial charge in [-0.2, -0.15) is 0 Å². The van der Waals surface area contributed by atoms with Crippen LogP contribution in [0.25, 0.3) is 0 Å². The van der Waals surface area contributed by atoms with Gasteiger partial charge >= 0.3 is 0 Å². The van der Waals surface area contributed by atoms with Gasteiger partial charge in [0.2, 0.25) is 0 Å². The second kappa shape index (κ2) is 3.38. The Bertz CT molecular complexity index is 369. The lowest BCUT2D eigenvalue weighted by atomic mass is 9.95. The van der Waals surface area contributed by atoms with E-state index in [0.717, 1.165) is 17.9 Å². The van der Waals surface area contributed by atoms with E-state index in [1.54, 1.807) is 12.3 Å². The second-order valence-corrected chi connectivity index (χ2v) is 4.33. The zero-order chi connectivity index (χ0) is 10.3. The highest BCUT2D eigenvalue weighted by Crippen LogP contribution is 2.35. The molecule has 3 heterocycles. The van der Waals surface area contributed by atoms with Crippen molar-refractivity contribution in [3.8, 4) is 0 Å². The Hall–Kier alpha value is -1.29. The first-order valence-electron chi connectivity index (χ1n) is 5.45. The van der Waals surface area contributed by atoms with Gasteiger partial charge in [-0.25, -0.2) is 4.98 Å². The Balaban J connectivity index is 1.71. The van der Waals surface area contributed by atoms with Crippen LogP contribution in [0.15, 0.2) is 18.3 Å². The molecule has 80 valence electrons. The van der Waals surface area contributed by atoms with E-state index in [-0.39, 0.29) is 0 Å². The zero-order valence-electron chi connectivity index (χ0n) is 8.52. The molecule has 3 rings (SSSR count). The molecule has 0 aromatic carbocycles. The average molecular weight is 205 g/mol. The summed E-state index contributed by atoms with van der Waals surface area (Å²) in [6.07, 6.45) is 6.05. The quantitative estimate of drug-likeness (QED) is 0.766. The maximum atomic E-state index is 5.77. The van der Waals surface area contributed by atoms with Gasteiger partial charge in [-0.3, -0.25) is 0 Å². The molecule has 3 N–H and O–H groups in total. The molecule has 15 heavy (non-hydrogen) atoms. The summed E-state index contributed by atoms with van der Waals surface area (Å²) >= 11 is 0. The van der Waals surface area contributed by atoms with Gasteiger partial charge < -0.3 is 15.8 Å². The topological polar surface area (TPSA) is 60.2 Å². The van der Waals surface area contributed by atoms with Gasteiger partial charge in [0.05, 0.1) is 18.2 Å². The van der Waals surface area contributed by atoms with Crippen molar-refractivity contribution in [3.05, 3.63) is 18.3 Å². The number of pyridine rings is 1.